The van der Waals surface area contributed by atoms with Crippen LogP contribution >= 0.6 is 44.3 Å². The summed E-state index contributed by atoms with van der Waals surface area (Å²) >= 11 is 3.61. The molecule has 45 heavy (non-hydrogen) atoms. The van der Waals surface area contributed by atoms with Crippen LogP contribution in [0.25, 0.3) is 44.7 Å². The zero-order chi connectivity index (χ0) is 31.0. The van der Waals surface area contributed by atoms with Gasteiger partial charge in [0.1, 0.15) is 16.4 Å². The Kier molecular flexibility index (Phi) is 10.6. The minimum absolute atomic E-state index is 1.02. The van der Waals surface area contributed by atoms with Crippen LogP contribution in [0.15, 0.2) is 97.1 Å². The number of aromatic amines is 1. The molecular weight excluding hydrogens is 629 g/mol. The van der Waals surface area contributed by atoms with Crippen molar-refractivity contribution >= 4 is 100 Å². The highest BCUT2D eigenvalue weighted by atomic mass is 33.1. The van der Waals surface area contributed by atoms with Gasteiger partial charge in [-0.25, -0.2) is 0 Å². The number of nitrogens with zero attached hydrogens (tertiary/aromatic N) is 3. The molecule has 6 rings (SSSR count). The molecule has 4 aromatic carbocycles. The third-order valence-electron chi connectivity index (χ3n) is 7.75. The fourth-order valence-corrected chi connectivity index (χ4v) is 9.07. The topological polar surface area (TPSA) is 24.5 Å². The number of H-pyrrole nitrogens is 1. The number of nitrogens with one attached hydrogen (secondary N) is 1. The molecule has 2 aromatic heterocycles. The summed E-state index contributed by atoms with van der Waals surface area (Å²) in [6.45, 7) is 2.04. The maximum Gasteiger partial charge on any atom is 0.262 e. The van der Waals surface area contributed by atoms with E-state index >= 15 is 0 Å². The highest BCUT2D eigenvalue weighted by Gasteiger charge is 2.13. The van der Waals surface area contributed by atoms with Crippen molar-refractivity contribution in [2.45, 2.75) is 0 Å². The first kappa shape index (κ1) is 31.4. The van der Waals surface area contributed by atoms with Gasteiger partial charge in [0.15, 0.2) is 0 Å². The monoisotopic (exact) mass is 666 g/mol. The Morgan fingerprint density at radius 2 is 1.20 bits per heavy atom. The van der Waals surface area contributed by atoms with Crippen LogP contribution < -0.4 is 19.4 Å². The van der Waals surface area contributed by atoms with Crippen molar-refractivity contribution in [1.29, 1.82) is 0 Å². The quantitative estimate of drug-likeness (QED) is 0.0698. The van der Waals surface area contributed by atoms with E-state index in [4.69, 9.17) is 0 Å². The molecule has 0 aliphatic carbocycles. The van der Waals surface area contributed by atoms with Crippen LogP contribution in [0.1, 0.15) is 21.1 Å². The number of hydrogen-bond donors (Lipinski definition) is 0. The molecule has 0 aliphatic heterocycles. The molecule has 0 bridgehead atoms. The van der Waals surface area contributed by atoms with Crippen LogP contribution in [0.2, 0.25) is 0 Å². The molecule has 0 saturated carbocycles. The molecule has 0 fully saturated rings. The second-order valence-electron chi connectivity index (χ2n) is 10.9. The molecule has 8 heteroatoms. The van der Waals surface area contributed by atoms with Crippen LogP contribution in [0.4, 0.5) is 11.4 Å². The van der Waals surface area contributed by atoms with Crippen molar-refractivity contribution in [3.05, 3.63) is 118 Å². The van der Waals surface area contributed by atoms with Gasteiger partial charge in [0, 0.05) is 74.4 Å². The number of rotatable bonds is 13. The van der Waals surface area contributed by atoms with Crippen LogP contribution in [-0.4, -0.2) is 38.7 Å². The van der Waals surface area contributed by atoms with Crippen molar-refractivity contribution in [2.24, 2.45) is 7.05 Å². The van der Waals surface area contributed by atoms with Gasteiger partial charge in [-0.15, -0.1) is 0 Å². The van der Waals surface area contributed by atoms with Gasteiger partial charge in [-0.05, 0) is 59.7 Å². The Morgan fingerprint density at radius 3 is 1.80 bits per heavy atom. The minimum atomic E-state index is 1.02. The van der Waals surface area contributed by atoms with Crippen molar-refractivity contribution in [1.82, 2.24) is 0 Å². The highest BCUT2D eigenvalue weighted by molar-refractivity contribution is 8.76. The van der Waals surface area contributed by atoms with E-state index in [-0.39, 0.29) is 0 Å². The summed E-state index contributed by atoms with van der Waals surface area (Å²) in [5.41, 5.74) is 7.40. The summed E-state index contributed by atoms with van der Waals surface area (Å²) in [5.74, 6) is 2.18. The maximum atomic E-state index is 3.48. The van der Waals surface area contributed by atoms with Crippen LogP contribution in [-0.2, 0) is 7.05 Å². The van der Waals surface area contributed by atoms with E-state index < -0.39 is 0 Å². The number of benzene rings is 4. The van der Waals surface area contributed by atoms with Crippen molar-refractivity contribution in [3.63, 3.8) is 0 Å². The number of thiazole rings is 2. The fourth-order valence-electron chi connectivity index (χ4n) is 5.02. The lowest BCUT2D eigenvalue weighted by Gasteiger charge is -2.20. The molecule has 0 unspecified atom stereocenters. The number of aromatic nitrogens is 2. The second-order valence-corrected chi connectivity index (χ2v) is 15.7. The Balaban J connectivity index is 0.892. The summed E-state index contributed by atoms with van der Waals surface area (Å²) in [4.78, 5) is 8.16. The van der Waals surface area contributed by atoms with Gasteiger partial charge in [-0.3, -0.25) is 0 Å². The Bertz CT molecular complexity index is 1870. The smallest absolute Gasteiger partial charge is 0.262 e. The molecule has 0 aliphatic rings. The lowest BCUT2D eigenvalue weighted by molar-refractivity contribution is -0.642. The highest BCUT2D eigenvalue weighted by Crippen LogP contribution is 2.25. The zero-order valence-electron chi connectivity index (χ0n) is 25.9. The molecule has 4 nitrogen and oxygen atoms in total. The van der Waals surface area contributed by atoms with Gasteiger partial charge >= 0.3 is 0 Å². The summed E-state index contributed by atoms with van der Waals surface area (Å²) in [6, 6.07) is 34.7. The third kappa shape index (κ3) is 8.19. The summed E-state index contributed by atoms with van der Waals surface area (Å²) in [7, 11) is 10.4. The Labute approximate surface area is 282 Å². The molecule has 228 valence electrons. The molecule has 2 heterocycles. The predicted octanol–water partition coefficient (Wildman–Crippen LogP) is 9.05. The van der Waals surface area contributed by atoms with E-state index in [9.17, 15) is 0 Å². The van der Waals surface area contributed by atoms with Gasteiger partial charge in [0.25, 0.3) is 10.0 Å². The number of para-hydroxylation sites is 2. The van der Waals surface area contributed by atoms with Gasteiger partial charge in [-0.1, -0.05) is 92.8 Å². The number of fused-ring (bicyclic) bond motifs is 2. The van der Waals surface area contributed by atoms with Gasteiger partial charge in [0.2, 0.25) is 11.0 Å². The van der Waals surface area contributed by atoms with E-state index in [2.05, 4.69) is 162 Å². The zero-order valence-corrected chi connectivity index (χ0v) is 29.1. The first-order valence-corrected chi connectivity index (χ1v) is 19.2. The van der Waals surface area contributed by atoms with Gasteiger partial charge < -0.3 is 9.80 Å². The number of anilines is 2. The summed E-state index contributed by atoms with van der Waals surface area (Å²) < 4.78 is 4.86. The molecule has 6 aromatic rings. The van der Waals surface area contributed by atoms with E-state index in [0.717, 1.165) is 29.6 Å². The van der Waals surface area contributed by atoms with E-state index in [1.165, 1.54) is 47.9 Å². The molecule has 0 spiro atoms. The van der Waals surface area contributed by atoms with Crippen molar-refractivity contribution in [2.75, 3.05) is 48.5 Å². The molecular formula is C37H38N4S4+2. The van der Waals surface area contributed by atoms with Crippen LogP contribution in [0, 0.1) is 0 Å². The summed E-state index contributed by atoms with van der Waals surface area (Å²) in [6.07, 6.45) is 8.76. The first-order chi connectivity index (χ1) is 22.0. The minimum Gasteiger partial charge on any atom is -0.374 e. The molecule has 1 N–H and O–H groups in total. The average Bonchev–Trinajstić information content (AvgIpc) is 3.64. The van der Waals surface area contributed by atoms with Crippen molar-refractivity contribution < 1.29 is 9.55 Å². The molecule has 0 saturated heterocycles. The molecule has 0 atom stereocenters. The second kappa shape index (κ2) is 15.1. The normalized spacial score (nSPS) is 11.8. The van der Waals surface area contributed by atoms with Crippen LogP contribution in [0.5, 0.6) is 0 Å². The van der Waals surface area contributed by atoms with E-state index in [1.807, 2.05) is 32.9 Å². The standard InChI is InChI=1S/C37H37N4S4/c1-39(30-18-12-28(13-19-30)16-22-36-38-32-8-4-6-10-34(32)44-36)24-26-42-43-27-25-40(2)31-20-14-29(15-21-31)17-23-37-41(3)33-9-5-7-11-35(33)45-37/h4-23H,24-27H2,1-3H3/q+1/p+1/b22-16+. The number of aryl methyl sites for hydroxylation is 1. The first-order valence-electron chi connectivity index (χ1n) is 15.0. The fraction of sp³-hybridized carbons (Fsp3) is 0.189. The largest absolute Gasteiger partial charge is 0.374 e. The van der Waals surface area contributed by atoms with Gasteiger partial charge in [-0.2, -0.15) is 9.55 Å². The van der Waals surface area contributed by atoms with Crippen molar-refractivity contribution in [3.8, 4) is 0 Å². The predicted molar refractivity (Wildman–Crippen MR) is 204 cm³/mol. The number of hydrogen-bond acceptors (Lipinski definition) is 6. The lowest BCUT2D eigenvalue weighted by Crippen LogP contribution is -2.28. The van der Waals surface area contributed by atoms with E-state index in [0.29, 0.717) is 0 Å². The van der Waals surface area contributed by atoms with Crippen LogP contribution in [0.3, 0.4) is 0 Å². The molecule has 0 amide bonds. The summed E-state index contributed by atoms with van der Waals surface area (Å²) in [5, 5.41) is 2.42. The maximum absolute atomic E-state index is 3.48. The Morgan fingerprint density at radius 1 is 0.644 bits per heavy atom. The third-order valence-corrected chi connectivity index (χ3v) is 12.3. The average molecular weight is 667 g/mol. The van der Waals surface area contributed by atoms with Gasteiger partial charge in [0.05, 0.1) is 0 Å². The lowest BCUT2D eigenvalue weighted by atomic mass is 10.2. The van der Waals surface area contributed by atoms with E-state index in [1.54, 1.807) is 11.3 Å². The molecule has 0 radical (unpaired) electrons. The Hall–Kier alpha value is -3.56. The SMILES string of the molecule is CN(CCSSCCN(C)c1ccc(/C=C/c2sc3ccccc3[n+]2C)cc1)c1ccc(/C=C/c2[nH+]c3ccccc3s2)cc1.